The molecule has 0 radical (unpaired) electrons. The van der Waals surface area contributed by atoms with Gasteiger partial charge in [-0.15, -0.1) is 10.2 Å². The number of methoxy groups -OCH3 is 1. The molecule has 0 bridgehead atoms. The second kappa shape index (κ2) is 7.60. The van der Waals surface area contributed by atoms with Crippen molar-refractivity contribution in [3.63, 3.8) is 0 Å². The van der Waals surface area contributed by atoms with Crippen molar-refractivity contribution in [1.29, 1.82) is 0 Å². The van der Waals surface area contributed by atoms with Crippen molar-refractivity contribution in [3.05, 3.63) is 71.6 Å². The van der Waals surface area contributed by atoms with Crippen LogP contribution in [0.2, 0.25) is 0 Å². The Bertz CT molecular complexity index is 904. The minimum Gasteiger partial charge on any atom is -0.467 e. The lowest BCUT2D eigenvalue weighted by Crippen LogP contribution is -2.34. The van der Waals surface area contributed by atoms with E-state index in [-0.39, 0.29) is 11.8 Å². The van der Waals surface area contributed by atoms with E-state index in [1.807, 2.05) is 31.2 Å². The van der Waals surface area contributed by atoms with Gasteiger partial charge in [-0.25, -0.2) is 4.79 Å². The summed E-state index contributed by atoms with van der Waals surface area (Å²) in [5, 5.41) is 10.4. The Hall–Kier alpha value is -3.48. The van der Waals surface area contributed by atoms with Crippen molar-refractivity contribution in [1.82, 2.24) is 15.5 Å². The number of carbonyl (C=O) groups is 2. The summed E-state index contributed by atoms with van der Waals surface area (Å²) in [5.41, 5.74) is 2.21. The van der Waals surface area contributed by atoms with Crippen molar-refractivity contribution in [2.24, 2.45) is 0 Å². The second-order valence-corrected chi connectivity index (χ2v) is 5.61. The maximum atomic E-state index is 12.4. The highest BCUT2D eigenvalue weighted by atomic mass is 16.5. The molecule has 0 aliphatic heterocycles. The molecule has 1 aromatic heterocycles. The van der Waals surface area contributed by atoms with Gasteiger partial charge < -0.3 is 14.5 Å². The second-order valence-electron chi connectivity index (χ2n) is 5.61. The van der Waals surface area contributed by atoms with Crippen molar-refractivity contribution in [3.8, 4) is 11.5 Å². The van der Waals surface area contributed by atoms with E-state index in [0.717, 1.165) is 5.56 Å². The molecule has 0 aliphatic rings. The Morgan fingerprint density at radius 1 is 1.04 bits per heavy atom. The van der Waals surface area contributed by atoms with Gasteiger partial charge in [-0.3, -0.25) is 4.79 Å². The maximum absolute atomic E-state index is 12.4. The van der Waals surface area contributed by atoms with Gasteiger partial charge in [0.2, 0.25) is 11.9 Å². The molecule has 3 rings (SSSR count). The van der Waals surface area contributed by atoms with Gasteiger partial charge in [0.1, 0.15) is 0 Å². The molecule has 0 saturated carbocycles. The number of nitrogens with one attached hydrogen (secondary N) is 1. The third-order valence-corrected chi connectivity index (χ3v) is 3.73. The number of amides is 1. The third-order valence-electron chi connectivity index (χ3n) is 3.73. The standard InChI is InChI=1S/C19H17N3O4/c1-12-8-10-14(11-9-12)17-21-22-18(26-17)15(19(24)25-2)20-16(23)13-6-4-3-5-7-13/h3-11,15H,1-2H3,(H,20,23)/t15-/m0/s1. The third kappa shape index (κ3) is 3.77. The molecule has 7 nitrogen and oxygen atoms in total. The molecule has 2 aromatic carbocycles. The van der Waals surface area contributed by atoms with Crippen LogP contribution >= 0.6 is 0 Å². The first-order valence-corrected chi connectivity index (χ1v) is 7.92. The zero-order valence-corrected chi connectivity index (χ0v) is 14.3. The van der Waals surface area contributed by atoms with Gasteiger partial charge in [0.25, 0.3) is 11.8 Å². The number of ether oxygens (including phenoxy) is 1. The molecule has 1 atom stereocenters. The topological polar surface area (TPSA) is 94.3 Å². The fraction of sp³-hybridized carbons (Fsp3) is 0.158. The highest BCUT2D eigenvalue weighted by Gasteiger charge is 2.30. The van der Waals surface area contributed by atoms with Gasteiger partial charge in [-0.2, -0.15) is 0 Å². The van der Waals surface area contributed by atoms with E-state index in [1.165, 1.54) is 7.11 Å². The monoisotopic (exact) mass is 351 g/mol. The fourth-order valence-electron chi connectivity index (χ4n) is 2.31. The normalized spacial score (nSPS) is 11.6. The Labute approximate surface area is 150 Å². The lowest BCUT2D eigenvalue weighted by atomic mass is 10.1. The number of hydrogen-bond acceptors (Lipinski definition) is 6. The van der Waals surface area contributed by atoms with Crippen LogP contribution in [-0.2, 0) is 9.53 Å². The maximum Gasteiger partial charge on any atom is 0.338 e. The molecular weight excluding hydrogens is 334 g/mol. The van der Waals surface area contributed by atoms with Crippen LogP contribution < -0.4 is 5.32 Å². The minimum atomic E-state index is -1.19. The number of aromatic nitrogens is 2. The first-order chi connectivity index (χ1) is 12.6. The number of benzene rings is 2. The van der Waals surface area contributed by atoms with Crippen LogP contribution in [0, 0.1) is 6.92 Å². The quantitative estimate of drug-likeness (QED) is 0.710. The van der Waals surface area contributed by atoms with E-state index >= 15 is 0 Å². The first kappa shape index (κ1) is 17.3. The Morgan fingerprint density at radius 2 is 1.73 bits per heavy atom. The largest absolute Gasteiger partial charge is 0.467 e. The molecule has 1 amide bonds. The molecule has 132 valence electrons. The Morgan fingerprint density at radius 3 is 2.38 bits per heavy atom. The summed E-state index contributed by atoms with van der Waals surface area (Å²) in [4.78, 5) is 24.5. The van der Waals surface area contributed by atoms with Gasteiger partial charge in [0.05, 0.1) is 7.11 Å². The van der Waals surface area contributed by atoms with Crippen LogP contribution in [0.25, 0.3) is 11.5 Å². The molecule has 0 aliphatic carbocycles. The van der Waals surface area contributed by atoms with E-state index in [2.05, 4.69) is 15.5 Å². The van der Waals surface area contributed by atoms with E-state index in [1.54, 1.807) is 30.3 Å². The molecule has 3 aromatic rings. The molecule has 0 saturated heterocycles. The van der Waals surface area contributed by atoms with E-state index in [4.69, 9.17) is 9.15 Å². The number of carbonyl (C=O) groups excluding carboxylic acids is 2. The van der Waals surface area contributed by atoms with Gasteiger partial charge in [-0.1, -0.05) is 35.9 Å². The Kier molecular flexibility index (Phi) is 5.07. The molecule has 0 unspecified atom stereocenters. The summed E-state index contributed by atoms with van der Waals surface area (Å²) in [6.45, 7) is 1.97. The van der Waals surface area contributed by atoms with Gasteiger partial charge in [0.15, 0.2) is 0 Å². The van der Waals surface area contributed by atoms with Crippen molar-refractivity contribution in [2.75, 3.05) is 7.11 Å². The van der Waals surface area contributed by atoms with Crippen LogP contribution in [-0.4, -0.2) is 29.2 Å². The summed E-state index contributed by atoms with van der Waals surface area (Å²) in [5.74, 6) is -0.941. The smallest absolute Gasteiger partial charge is 0.338 e. The zero-order valence-electron chi connectivity index (χ0n) is 14.3. The van der Waals surface area contributed by atoms with Gasteiger partial charge in [0, 0.05) is 11.1 Å². The van der Waals surface area contributed by atoms with E-state index in [0.29, 0.717) is 11.1 Å². The summed E-state index contributed by atoms with van der Waals surface area (Å²) in [6, 6.07) is 14.8. The summed E-state index contributed by atoms with van der Waals surface area (Å²) < 4.78 is 10.3. The average Bonchev–Trinajstić information content (AvgIpc) is 3.16. The summed E-state index contributed by atoms with van der Waals surface area (Å²) in [6.07, 6.45) is 0. The van der Waals surface area contributed by atoms with Crippen molar-refractivity contribution < 1.29 is 18.7 Å². The molecule has 0 spiro atoms. The predicted molar refractivity (Wildman–Crippen MR) is 93.1 cm³/mol. The number of esters is 1. The fourth-order valence-corrected chi connectivity index (χ4v) is 2.31. The highest BCUT2D eigenvalue weighted by molar-refractivity contribution is 5.96. The first-order valence-electron chi connectivity index (χ1n) is 7.92. The molecule has 1 N–H and O–H groups in total. The van der Waals surface area contributed by atoms with Crippen LogP contribution in [0.3, 0.4) is 0 Å². The number of aryl methyl sites for hydroxylation is 1. The van der Waals surface area contributed by atoms with Crippen molar-refractivity contribution in [2.45, 2.75) is 13.0 Å². The molecule has 1 heterocycles. The lowest BCUT2D eigenvalue weighted by Gasteiger charge is -2.12. The highest BCUT2D eigenvalue weighted by Crippen LogP contribution is 2.22. The lowest BCUT2D eigenvalue weighted by molar-refractivity contribution is -0.143. The summed E-state index contributed by atoms with van der Waals surface area (Å²) >= 11 is 0. The molecule has 7 heteroatoms. The van der Waals surface area contributed by atoms with E-state index in [9.17, 15) is 9.59 Å². The van der Waals surface area contributed by atoms with Crippen LogP contribution in [0.4, 0.5) is 0 Å². The average molecular weight is 351 g/mol. The van der Waals surface area contributed by atoms with Gasteiger partial charge in [-0.05, 0) is 31.2 Å². The minimum absolute atomic E-state index is 0.0447. The molecular formula is C19H17N3O4. The SMILES string of the molecule is COC(=O)[C@@H](NC(=O)c1ccccc1)c1nnc(-c2ccc(C)cc2)o1. The van der Waals surface area contributed by atoms with Crippen LogP contribution in [0.1, 0.15) is 27.9 Å². The summed E-state index contributed by atoms with van der Waals surface area (Å²) in [7, 11) is 1.22. The van der Waals surface area contributed by atoms with Crippen LogP contribution in [0.15, 0.2) is 59.0 Å². The molecule has 26 heavy (non-hydrogen) atoms. The number of hydrogen-bond donors (Lipinski definition) is 1. The predicted octanol–water partition coefficient (Wildman–Crippen LogP) is 2.69. The molecule has 0 fully saturated rings. The zero-order chi connectivity index (χ0) is 18.5. The Balaban J connectivity index is 1.85. The van der Waals surface area contributed by atoms with Gasteiger partial charge >= 0.3 is 5.97 Å². The van der Waals surface area contributed by atoms with Crippen molar-refractivity contribution >= 4 is 11.9 Å². The van der Waals surface area contributed by atoms with Crippen LogP contribution in [0.5, 0.6) is 0 Å². The number of nitrogens with zero attached hydrogens (tertiary/aromatic N) is 2. The van der Waals surface area contributed by atoms with E-state index < -0.39 is 17.9 Å². The number of rotatable bonds is 5.